The molecular weight excluding hydrogens is 581 g/mol. The third-order valence-corrected chi connectivity index (χ3v) is 6.34. The van der Waals surface area contributed by atoms with Crippen molar-refractivity contribution in [3.8, 4) is 22.5 Å². The van der Waals surface area contributed by atoms with E-state index in [0.29, 0.717) is 33.5 Å². The van der Waals surface area contributed by atoms with Gasteiger partial charge in [0, 0.05) is 48.4 Å². The number of nitrogens with zero attached hydrogens (tertiary/aromatic N) is 2. The summed E-state index contributed by atoms with van der Waals surface area (Å²) in [5.74, 6) is -0.556. The molecule has 35 heavy (non-hydrogen) atoms. The van der Waals surface area contributed by atoms with Gasteiger partial charge in [-0.1, -0.05) is 40.8 Å². The van der Waals surface area contributed by atoms with Crippen LogP contribution in [-0.2, 0) is 4.79 Å². The summed E-state index contributed by atoms with van der Waals surface area (Å²) in [7, 11) is 7.73. The van der Waals surface area contributed by atoms with Gasteiger partial charge < -0.3 is 32.1 Å². The minimum absolute atomic E-state index is 0. The summed E-state index contributed by atoms with van der Waals surface area (Å²) in [6.45, 7) is 0. The zero-order valence-electron chi connectivity index (χ0n) is 19.7. The highest BCUT2D eigenvalue weighted by atomic mass is 127. The molecule has 1 heterocycles. The maximum absolute atomic E-state index is 12.4. The number of alkyl halides is 1. The average Bonchev–Trinajstić information content (AvgIpc) is 2.81. The van der Waals surface area contributed by atoms with Crippen molar-refractivity contribution >= 4 is 56.8 Å². The molecule has 9 heteroatoms. The Balaban J connectivity index is 0.00000342. The van der Waals surface area contributed by atoms with Crippen LogP contribution in [0.1, 0.15) is 10.4 Å². The number of hydrogen-bond donors (Lipinski definition) is 2. The number of fused-ring (bicyclic) bond motifs is 2. The Hall–Kier alpha value is -3.11. The van der Waals surface area contributed by atoms with Crippen molar-refractivity contribution in [2.45, 2.75) is 0 Å². The predicted octanol–water partition coefficient (Wildman–Crippen LogP) is 1.38. The molecule has 0 unspecified atom stereocenters. The predicted molar refractivity (Wildman–Crippen MR) is 144 cm³/mol. The van der Waals surface area contributed by atoms with Crippen molar-refractivity contribution in [2.24, 2.45) is 0 Å². The number of carboxylic acids is 1. The van der Waals surface area contributed by atoms with E-state index < -0.39 is 5.97 Å². The number of halogens is 2. The van der Waals surface area contributed by atoms with E-state index in [1.807, 2.05) is 96.7 Å². The summed E-state index contributed by atoms with van der Waals surface area (Å²) in [5, 5.41) is 14.6. The minimum atomic E-state index is -1.02. The summed E-state index contributed by atoms with van der Waals surface area (Å²) >= 11 is 2.02. The maximum atomic E-state index is 12.4. The second kappa shape index (κ2) is 10.7. The summed E-state index contributed by atoms with van der Waals surface area (Å²) in [5.41, 5.74) is 4.16. The van der Waals surface area contributed by atoms with Crippen molar-refractivity contribution in [1.29, 1.82) is 0 Å². The maximum Gasteiger partial charge on any atom is 0.336 e. The molecule has 4 rings (SSSR count). The molecule has 0 saturated carbocycles. The number of carbonyl (C=O) groups excluding carboxylic acids is 1. The lowest BCUT2D eigenvalue weighted by molar-refractivity contribution is -0.113. The molecule has 182 valence electrons. The molecule has 1 aliphatic heterocycles. The van der Waals surface area contributed by atoms with Crippen LogP contribution >= 0.6 is 22.6 Å². The van der Waals surface area contributed by atoms with Gasteiger partial charge >= 0.3 is 5.97 Å². The fourth-order valence-corrected chi connectivity index (χ4v) is 4.17. The largest absolute Gasteiger partial charge is 1.00 e. The molecule has 0 aromatic heterocycles. The lowest BCUT2D eigenvalue weighted by Crippen LogP contribution is -3.00. The Bertz CT molecular complexity index is 1480. The van der Waals surface area contributed by atoms with Crippen LogP contribution in [0.3, 0.4) is 0 Å². The number of rotatable bonds is 5. The smallest absolute Gasteiger partial charge is 0.336 e. The SMILES string of the molecule is CN(C)c1cc(NC(=O)CI)c2c(-c3ccccc3C(=O)O)c3ccc(=[N+](C)C)cc-3oc2c1.[Cl-]. The van der Waals surface area contributed by atoms with Gasteiger partial charge in [0.15, 0.2) is 0 Å². The van der Waals surface area contributed by atoms with Crippen LogP contribution < -0.4 is 32.6 Å². The molecule has 0 atom stereocenters. The van der Waals surface area contributed by atoms with Gasteiger partial charge in [-0.15, -0.1) is 0 Å². The van der Waals surface area contributed by atoms with Crippen LogP contribution in [-0.4, -0.2) is 49.6 Å². The zero-order chi connectivity index (χ0) is 24.6. The van der Waals surface area contributed by atoms with E-state index >= 15 is 0 Å². The van der Waals surface area contributed by atoms with Gasteiger partial charge in [0.05, 0.1) is 21.7 Å². The Kier molecular flexibility index (Phi) is 8.07. The number of benzene rings is 3. The van der Waals surface area contributed by atoms with E-state index in [-0.39, 0.29) is 28.3 Å². The van der Waals surface area contributed by atoms with Crippen molar-refractivity contribution in [2.75, 3.05) is 42.8 Å². The van der Waals surface area contributed by atoms with Gasteiger partial charge in [-0.2, -0.15) is 0 Å². The fraction of sp³-hybridized carbons (Fsp3) is 0.192. The number of nitrogens with one attached hydrogen (secondary N) is 1. The quantitative estimate of drug-likeness (QED) is 0.156. The van der Waals surface area contributed by atoms with Gasteiger partial charge in [0.1, 0.15) is 25.4 Å². The molecule has 0 radical (unpaired) electrons. The highest BCUT2D eigenvalue weighted by Gasteiger charge is 2.24. The first-order chi connectivity index (χ1) is 16.2. The molecule has 0 spiro atoms. The van der Waals surface area contributed by atoms with Gasteiger partial charge in [-0.3, -0.25) is 4.79 Å². The molecule has 2 aromatic carbocycles. The van der Waals surface area contributed by atoms with Crippen molar-refractivity contribution in [1.82, 2.24) is 4.58 Å². The lowest BCUT2D eigenvalue weighted by atomic mass is 9.90. The number of hydrogen-bond acceptors (Lipinski definition) is 4. The molecule has 1 amide bonds. The highest BCUT2D eigenvalue weighted by molar-refractivity contribution is 14.1. The molecule has 0 saturated heterocycles. The summed E-state index contributed by atoms with van der Waals surface area (Å²) in [6, 6.07) is 16.5. The van der Waals surface area contributed by atoms with Crippen molar-refractivity contribution in [3.63, 3.8) is 0 Å². The minimum Gasteiger partial charge on any atom is -1.00 e. The fourth-order valence-electron chi connectivity index (χ4n) is 3.98. The van der Waals surface area contributed by atoms with E-state index in [2.05, 4.69) is 5.32 Å². The third-order valence-electron chi connectivity index (χ3n) is 5.65. The summed E-state index contributed by atoms with van der Waals surface area (Å²) in [6.07, 6.45) is 0. The van der Waals surface area contributed by atoms with Gasteiger partial charge in [0.25, 0.3) is 0 Å². The molecule has 2 aromatic rings. The Morgan fingerprint density at radius 2 is 1.77 bits per heavy atom. The van der Waals surface area contributed by atoms with E-state index in [0.717, 1.165) is 16.6 Å². The molecular formula is C26H25ClIN3O4. The van der Waals surface area contributed by atoms with Crippen LogP contribution in [0.4, 0.5) is 11.4 Å². The van der Waals surface area contributed by atoms with Gasteiger partial charge in [-0.25, -0.2) is 9.37 Å². The topological polar surface area (TPSA) is 85.8 Å². The van der Waals surface area contributed by atoms with E-state index in [9.17, 15) is 14.7 Å². The standard InChI is InChI=1S/C26H24IN3O4.ClH/c1-29(2)15-9-10-19-21(12-15)34-22-13-16(30(3)4)11-20(28-23(31)14-27)25(22)24(19)17-7-5-6-8-18(17)26(32)33;/h5-13H,14H2,1-4H3,(H,32,33);1H. The Morgan fingerprint density at radius 3 is 2.40 bits per heavy atom. The van der Waals surface area contributed by atoms with Crippen molar-refractivity contribution in [3.05, 3.63) is 65.5 Å². The van der Waals surface area contributed by atoms with E-state index in [4.69, 9.17) is 4.42 Å². The lowest BCUT2D eigenvalue weighted by Gasteiger charge is -2.21. The second-order valence-electron chi connectivity index (χ2n) is 8.35. The molecule has 0 fully saturated rings. The normalized spacial score (nSPS) is 10.7. The van der Waals surface area contributed by atoms with E-state index in [1.165, 1.54) is 0 Å². The second-order valence-corrected chi connectivity index (χ2v) is 9.11. The molecule has 1 aliphatic carbocycles. The summed E-state index contributed by atoms with van der Waals surface area (Å²) in [4.78, 5) is 26.5. The van der Waals surface area contributed by atoms with Crippen LogP contribution in [0.25, 0.3) is 33.4 Å². The summed E-state index contributed by atoms with van der Waals surface area (Å²) < 4.78 is 8.65. The first kappa shape index (κ1) is 26.5. The molecule has 0 bridgehead atoms. The third kappa shape index (κ3) is 5.13. The highest BCUT2D eigenvalue weighted by Crippen LogP contribution is 2.45. The van der Waals surface area contributed by atoms with Gasteiger partial charge in [0.2, 0.25) is 11.3 Å². The molecule has 2 N–H and O–H groups in total. The van der Waals surface area contributed by atoms with Crippen LogP contribution in [0, 0.1) is 0 Å². The number of anilines is 2. The van der Waals surface area contributed by atoms with Crippen LogP contribution in [0.15, 0.2) is 59.0 Å². The first-order valence-electron chi connectivity index (χ1n) is 10.6. The average molecular weight is 606 g/mol. The number of amides is 1. The zero-order valence-corrected chi connectivity index (χ0v) is 22.6. The molecule has 2 aliphatic rings. The molecule has 7 nitrogen and oxygen atoms in total. The Morgan fingerprint density at radius 1 is 1.06 bits per heavy atom. The first-order valence-corrected chi connectivity index (χ1v) is 12.1. The number of aromatic carboxylic acids is 1. The monoisotopic (exact) mass is 605 g/mol. The number of carboxylic acid groups (broad SMARTS) is 1. The van der Waals surface area contributed by atoms with E-state index in [1.54, 1.807) is 18.2 Å². The van der Waals surface area contributed by atoms with Crippen LogP contribution in [0.5, 0.6) is 0 Å². The van der Waals surface area contributed by atoms with Crippen molar-refractivity contribution < 1.29 is 31.5 Å². The van der Waals surface area contributed by atoms with Crippen LogP contribution in [0.2, 0.25) is 0 Å². The van der Waals surface area contributed by atoms with Gasteiger partial charge in [-0.05, 0) is 23.8 Å². The number of carbonyl (C=O) groups is 2. The Labute approximate surface area is 223 Å².